The Kier molecular flexibility index (Phi) is 3.73. The standard InChI is InChI=1S/C20H18ClN3O/c1-20(2)11-15-18(17(25)12-20)19(13-7-9-22-10-8-13)24(23-15)16-6-4-3-5-14(16)21/h3-10H,11-12H2,1-2H3. The van der Waals surface area contributed by atoms with Crippen molar-refractivity contribution in [1.82, 2.24) is 14.8 Å². The molecule has 0 unspecified atom stereocenters. The van der Waals surface area contributed by atoms with Crippen molar-refractivity contribution in [2.24, 2.45) is 5.41 Å². The molecule has 2 aromatic heterocycles. The first-order chi connectivity index (χ1) is 12.0. The van der Waals surface area contributed by atoms with Crippen LogP contribution in [0.4, 0.5) is 0 Å². The second kappa shape index (κ2) is 5.81. The number of rotatable bonds is 2. The predicted octanol–water partition coefficient (Wildman–Crippen LogP) is 4.74. The van der Waals surface area contributed by atoms with Gasteiger partial charge in [-0.25, -0.2) is 4.68 Å². The third kappa shape index (κ3) is 2.76. The number of carbonyl (C=O) groups excluding carboxylic acids is 1. The zero-order chi connectivity index (χ0) is 17.6. The molecule has 0 radical (unpaired) electrons. The highest BCUT2D eigenvalue weighted by atomic mass is 35.5. The highest BCUT2D eigenvalue weighted by Gasteiger charge is 2.36. The molecule has 0 fully saturated rings. The molecule has 0 spiro atoms. The average molecular weight is 352 g/mol. The smallest absolute Gasteiger partial charge is 0.167 e. The largest absolute Gasteiger partial charge is 0.294 e. The van der Waals surface area contributed by atoms with Crippen LogP contribution in [0.1, 0.15) is 36.3 Å². The Morgan fingerprint density at radius 2 is 1.80 bits per heavy atom. The van der Waals surface area contributed by atoms with E-state index >= 15 is 0 Å². The minimum Gasteiger partial charge on any atom is -0.294 e. The maximum absolute atomic E-state index is 12.9. The Balaban J connectivity index is 2.03. The van der Waals surface area contributed by atoms with Gasteiger partial charge in [0.1, 0.15) is 0 Å². The summed E-state index contributed by atoms with van der Waals surface area (Å²) in [4.78, 5) is 17.0. The van der Waals surface area contributed by atoms with Crippen molar-refractivity contribution in [3.63, 3.8) is 0 Å². The fraction of sp³-hybridized carbons (Fsp3) is 0.250. The lowest BCUT2D eigenvalue weighted by atomic mass is 9.75. The van der Waals surface area contributed by atoms with Crippen LogP contribution in [0.5, 0.6) is 0 Å². The Morgan fingerprint density at radius 3 is 2.52 bits per heavy atom. The number of fused-ring (bicyclic) bond motifs is 1. The van der Waals surface area contributed by atoms with Crippen molar-refractivity contribution >= 4 is 17.4 Å². The van der Waals surface area contributed by atoms with Crippen molar-refractivity contribution in [2.45, 2.75) is 26.7 Å². The summed E-state index contributed by atoms with van der Waals surface area (Å²) in [5.74, 6) is 0.136. The van der Waals surface area contributed by atoms with E-state index in [1.165, 1.54) is 0 Å². The normalized spacial score (nSPS) is 15.9. The van der Waals surface area contributed by atoms with Crippen molar-refractivity contribution in [2.75, 3.05) is 0 Å². The number of para-hydroxylation sites is 1. The lowest BCUT2D eigenvalue weighted by Gasteiger charge is -2.27. The molecule has 0 N–H and O–H groups in total. The lowest BCUT2D eigenvalue weighted by molar-refractivity contribution is 0.0912. The SMILES string of the molecule is CC1(C)CC(=O)c2c(nn(-c3ccccc3Cl)c2-c2ccncc2)C1. The number of hydrogen-bond acceptors (Lipinski definition) is 3. The number of halogens is 1. The average Bonchev–Trinajstić information content (AvgIpc) is 2.94. The fourth-order valence-corrected chi connectivity index (χ4v) is 3.71. The zero-order valence-electron chi connectivity index (χ0n) is 14.2. The maximum Gasteiger partial charge on any atom is 0.167 e. The van der Waals surface area contributed by atoms with Crippen molar-refractivity contribution in [3.8, 4) is 16.9 Å². The van der Waals surface area contributed by atoms with Crippen LogP contribution >= 0.6 is 11.6 Å². The van der Waals surface area contributed by atoms with Gasteiger partial charge in [0, 0.05) is 24.4 Å². The number of pyridine rings is 1. The van der Waals surface area contributed by atoms with Gasteiger partial charge in [-0.3, -0.25) is 9.78 Å². The maximum atomic E-state index is 12.9. The Morgan fingerprint density at radius 1 is 1.08 bits per heavy atom. The minimum absolute atomic E-state index is 0.0841. The quantitative estimate of drug-likeness (QED) is 0.669. The summed E-state index contributed by atoms with van der Waals surface area (Å²) in [6.45, 7) is 4.21. The van der Waals surface area contributed by atoms with Crippen LogP contribution in [0, 0.1) is 5.41 Å². The first-order valence-corrected chi connectivity index (χ1v) is 8.64. The van der Waals surface area contributed by atoms with Crippen molar-refractivity contribution in [1.29, 1.82) is 0 Å². The number of hydrogen-bond donors (Lipinski definition) is 0. The third-order valence-corrected chi connectivity index (χ3v) is 4.88. The second-order valence-corrected chi connectivity index (χ2v) is 7.62. The van der Waals surface area contributed by atoms with Crippen molar-refractivity contribution < 1.29 is 4.79 Å². The van der Waals surface area contributed by atoms with Gasteiger partial charge in [0.15, 0.2) is 5.78 Å². The van der Waals surface area contributed by atoms with E-state index in [-0.39, 0.29) is 11.2 Å². The fourth-order valence-electron chi connectivity index (χ4n) is 3.49. The molecule has 0 aliphatic heterocycles. The molecule has 5 heteroatoms. The van der Waals surface area contributed by atoms with Gasteiger partial charge in [0.2, 0.25) is 0 Å². The Hall–Kier alpha value is -2.46. The number of nitrogens with zero attached hydrogens (tertiary/aromatic N) is 3. The molecule has 126 valence electrons. The van der Waals surface area contributed by atoms with Crippen molar-refractivity contribution in [3.05, 3.63) is 65.1 Å². The van der Waals surface area contributed by atoms with E-state index in [2.05, 4.69) is 18.8 Å². The van der Waals surface area contributed by atoms with Crippen LogP contribution in [-0.4, -0.2) is 20.5 Å². The van der Waals surface area contributed by atoms with E-state index in [9.17, 15) is 4.79 Å². The van der Waals surface area contributed by atoms with Gasteiger partial charge in [-0.2, -0.15) is 5.10 Å². The third-order valence-electron chi connectivity index (χ3n) is 4.56. The monoisotopic (exact) mass is 351 g/mol. The van der Waals surface area contributed by atoms with Crippen LogP contribution in [0.3, 0.4) is 0 Å². The molecule has 0 bridgehead atoms. The van der Waals surface area contributed by atoms with Crippen LogP contribution in [0.2, 0.25) is 5.02 Å². The van der Waals surface area contributed by atoms with E-state index in [0.29, 0.717) is 17.0 Å². The van der Waals surface area contributed by atoms with Crippen LogP contribution in [-0.2, 0) is 6.42 Å². The van der Waals surface area contributed by atoms with Crippen LogP contribution < -0.4 is 0 Å². The summed E-state index contributed by atoms with van der Waals surface area (Å²) < 4.78 is 1.81. The number of ketones is 1. The summed E-state index contributed by atoms with van der Waals surface area (Å²) in [5.41, 5.74) is 3.95. The summed E-state index contributed by atoms with van der Waals surface area (Å²) in [7, 11) is 0. The number of benzene rings is 1. The minimum atomic E-state index is -0.0841. The molecule has 0 saturated heterocycles. The summed E-state index contributed by atoms with van der Waals surface area (Å²) in [5, 5.41) is 5.40. The van der Waals surface area contributed by atoms with Gasteiger partial charge in [0.25, 0.3) is 0 Å². The molecule has 1 aliphatic rings. The second-order valence-electron chi connectivity index (χ2n) is 7.21. The van der Waals surface area contributed by atoms with Gasteiger partial charge in [-0.1, -0.05) is 37.6 Å². The summed E-state index contributed by atoms with van der Waals surface area (Å²) >= 11 is 6.42. The molecule has 25 heavy (non-hydrogen) atoms. The first kappa shape index (κ1) is 16.0. The molecular weight excluding hydrogens is 334 g/mol. The summed E-state index contributed by atoms with van der Waals surface area (Å²) in [6, 6.07) is 11.4. The first-order valence-electron chi connectivity index (χ1n) is 8.27. The van der Waals surface area contributed by atoms with Gasteiger partial charge in [-0.05, 0) is 36.1 Å². The highest BCUT2D eigenvalue weighted by molar-refractivity contribution is 6.32. The van der Waals surface area contributed by atoms with E-state index in [1.54, 1.807) is 12.4 Å². The Bertz CT molecular complexity index is 960. The molecule has 0 amide bonds. The summed E-state index contributed by atoms with van der Waals surface area (Å²) in [6.07, 6.45) is 4.74. The topological polar surface area (TPSA) is 47.8 Å². The van der Waals surface area contributed by atoms with Gasteiger partial charge < -0.3 is 0 Å². The predicted molar refractivity (Wildman–Crippen MR) is 98.2 cm³/mol. The Labute approximate surface area is 151 Å². The van der Waals surface area contributed by atoms with Crippen LogP contribution in [0.15, 0.2) is 48.8 Å². The number of aromatic nitrogens is 3. The van der Waals surface area contributed by atoms with Crippen LogP contribution in [0.25, 0.3) is 16.9 Å². The molecular formula is C20H18ClN3O. The molecule has 0 atom stereocenters. The molecule has 4 rings (SSSR count). The molecule has 3 aromatic rings. The molecule has 1 aliphatic carbocycles. The van der Waals surface area contributed by atoms with E-state index < -0.39 is 0 Å². The van der Waals surface area contributed by atoms with E-state index in [4.69, 9.17) is 16.7 Å². The van der Waals surface area contributed by atoms with Gasteiger partial charge in [-0.15, -0.1) is 0 Å². The zero-order valence-corrected chi connectivity index (χ0v) is 14.9. The lowest BCUT2D eigenvalue weighted by Crippen LogP contribution is -2.26. The number of carbonyl (C=O) groups is 1. The van der Waals surface area contributed by atoms with E-state index in [0.717, 1.165) is 29.1 Å². The molecule has 4 nitrogen and oxygen atoms in total. The molecule has 1 aromatic carbocycles. The molecule has 2 heterocycles. The molecule has 0 saturated carbocycles. The van der Waals surface area contributed by atoms with Gasteiger partial charge >= 0.3 is 0 Å². The number of Topliss-reactive ketones (excluding diaryl/α,β-unsaturated/α-hetero) is 1. The van der Waals surface area contributed by atoms with Gasteiger partial charge in [0.05, 0.1) is 27.7 Å². The highest BCUT2D eigenvalue weighted by Crippen LogP contribution is 2.40. The van der Waals surface area contributed by atoms with E-state index in [1.807, 2.05) is 41.1 Å².